The van der Waals surface area contributed by atoms with Gasteiger partial charge in [0.1, 0.15) is 6.61 Å². The quantitative estimate of drug-likeness (QED) is 0.745. The zero-order valence-electron chi connectivity index (χ0n) is 14.5. The fourth-order valence-corrected chi connectivity index (χ4v) is 2.53. The number of aromatic nitrogens is 1. The Morgan fingerprint density at radius 3 is 2.38 bits per heavy atom. The van der Waals surface area contributed by atoms with Crippen molar-refractivity contribution in [2.45, 2.75) is 13.2 Å². The van der Waals surface area contributed by atoms with Crippen molar-refractivity contribution in [1.82, 2.24) is 9.88 Å². The van der Waals surface area contributed by atoms with E-state index in [2.05, 4.69) is 5.32 Å². The number of carbonyl (C=O) groups excluding carboxylic acids is 1. The minimum atomic E-state index is -0.206. The first-order chi connectivity index (χ1) is 12.6. The van der Waals surface area contributed by atoms with Crippen molar-refractivity contribution in [2.75, 3.05) is 0 Å². The topological polar surface area (TPSA) is 60.3 Å². The Morgan fingerprint density at radius 2 is 1.69 bits per heavy atom. The number of carbonyl (C=O) groups is 1. The van der Waals surface area contributed by atoms with Gasteiger partial charge in [-0.15, -0.1) is 0 Å². The molecule has 5 heteroatoms. The van der Waals surface area contributed by atoms with Gasteiger partial charge in [-0.2, -0.15) is 0 Å². The highest BCUT2D eigenvalue weighted by atomic mass is 16.5. The third kappa shape index (κ3) is 4.39. The Morgan fingerprint density at radius 1 is 1.04 bits per heavy atom. The summed E-state index contributed by atoms with van der Waals surface area (Å²) in [7, 11) is 1.82. The van der Waals surface area contributed by atoms with Crippen LogP contribution in [-0.4, -0.2) is 10.5 Å². The van der Waals surface area contributed by atoms with Crippen molar-refractivity contribution >= 4 is 5.91 Å². The molecule has 1 N–H and O–H groups in total. The van der Waals surface area contributed by atoms with E-state index in [1.54, 1.807) is 22.9 Å². The van der Waals surface area contributed by atoms with E-state index >= 15 is 0 Å². The van der Waals surface area contributed by atoms with Crippen LogP contribution in [0.15, 0.2) is 77.7 Å². The maximum Gasteiger partial charge on any atom is 0.251 e. The molecule has 3 rings (SSSR count). The fourth-order valence-electron chi connectivity index (χ4n) is 2.53. The minimum absolute atomic E-state index is 0.178. The zero-order chi connectivity index (χ0) is 18.4. The molecule has 0 aliphatic carbocycles. The van der Waals surface area contributed by atoms with Crippen LogP contribution in [0.25, 0.3) is 0 Å². The van der Waals surface area contributed by atoms with E-state index in [0.29, 0.717) is 17.9 Å². The normalized spacial score (nSPS) is 10.3. The summed E-state index contributed by atoms with van der Waals surface area (Å²) in [6, 6.07) is 20.1. The van der Waals surface area contributed by atoms with Gasteiger partial charge in [0.05, 0.1) is 12.7 Å². The standard InChI is InChI=1S/C21H20N2O3/c1-23-14-20(26-15-16-8-4-2-5-9-16)19(24)12-18(23)13-22-21(25)17-10-6-3-7-11-17/h2-12,14H,13,15H2,1H3,(H,22,25). The molecule has 1 heterocycles. The van der Waals surface area contributed by atoms with Gasteiger partial charge in [-0.1, -0.05) is 48.5 Å². The molecule has 3 aromatic rings. The largest absolute Gasteiger partial charge is 0.483 e. The van der Waals surface area contributed by atoms with E-state index in [9.17, 15) is 9.59 Å². The average molecular weight is 348 g/mol. The molecule has 0 unspecified atom stereocenters. The third-order valence-corrected chi connectivity index (χ3v) is 4.01. The second kappa shape index (κ2) is 8.16. The number of hydrogen-bond donors (Lipinski definition) is 1. The molecular formula is C21H20N2O3. The van der Waals surface area contributed by atoms with Crippen LogP contribution in [0.5, 0.6) is 5.75 Å². The number of ether oxygens (including phenoxy) is 1. The second-order valence-corrected chi connectivity index (χ2v) is 5.93. The van der Waals surface area contributed by atoms with Crippen molar-refractivity contribution in [3.63, 3.8) is 0 Å². The highest BCUT2D eigenvalue weighted by Gasteiger charge is 2.09. The summed E-state index contributed by atoms with van der Waals surface area (Å²) in [6.45, 7) is 0.596. The van der Waals surface area contributed by atoms with Crippen LogP contribution in [0.4, 0.5) is 0 Å². The molecular weight excluding hydrogens is 328 g/mol. The predicted molar refractivity (Wildman–Crippen MR) is 100 cm³/mol. The lowest BCUT2D eigenvalue weighted by atomic mass is 10.2. The smallest absolute Gasteiger partial charge is 0.251 e. The Balaban J connectivity index is 1.65. The predicted octanol–water partition coefficient (Wildman–Crippen LogP) is 2.89. The number of amides is 1. The number of benzene rings is 2. The molecule has 0 atom stereocenters. The van der Waals surface area contributed by atoms with Crippen LogP contribution in [0.2, 0.25) is 0 Å². The molecule has 2 aromatic carbocycles. The number of pyridine rings is 1. The first kappa shape index (κ1) is 17.5. The summed E-state index contributed by atoms with van der Waals surface area (Å²) in [6.07, 6.45) is 1.65. The summed E-state index contributed by atoms with van der Waals surface area (Å²) in [4.78, 5) is 24.4. The lowest BCUT2D eigenvalue weighted by Gasteiger charge is -2.12. The number of rotatable bonds is 6. The van der Waals surface area contributed by atoms with Crippen LogP contribution in [0.3, 0.4) is 0 Å². The number of aryl methyl sites for hydroxylation is 1. The van der Waals surface area contributed by atoms with E-state index in [1.807, 2.05) is 55.6 Å². The molecule has 0 spiro atoms. The van der Waals surface area contributed by atoms with E-state index < -0.39 is 0 Å². The monoisotopic (exact) mass is 348 g/mol. The molecule has 0 radical (unpaired) electrons. The van der Waals surface area contributed by atoms with Gasteiger partial charge in [-0.05, 0) is 17.7 Å². The SMILES string of the molecule is Cn1cc(OCc2ccccc2)c(=O)cc1CNC(=O)c1ccccc1. The summed E-state index contributed by atoms with van der Waals surface area (Å²) in [5, 5.41) is 2.82. The molecule has 0 fully saturated rings. The number of hydrogen-bond acceptors (Lipinski definition) is 3. The Bertz CT molecular complexity index is 934. The molecule has 0 saturated heterocycles. The van der Waals surface area contributed by atoms with Crippen molar-refractivity contribution < 1.29 is 9.53 Å². The van der Waals surface area contributed by atoms with Crippen molar-refractivity contribution in [3.05, 3.63) is 100.0 Å². The van der Waals surface area contributed by atoms with Gasteiger partial charge in [-0.3, -0.25) is 9.59 Å². The maximum absolute atomic E-state index is 12.3. The molecule has 1 amide bonds. The molecule has 5 nitrogen and oxygen atoms in total. The van der Waals surface area contributed by atoms with E-state index in [0.717, 1.165) is 5.56 Å². The Kier molecular flexibility index (Phi) is 5.49. The zero-order valence-corrected chi connectivity index (χ0v) is 14.5. The lowest BCUT2D eigenvalue weighted by Crippen LogP contribution is -2.25. The molecule has 0 aliphatic rings. The molecule has 0 aliphatic heterocycles. The summed E-state index contributed by atoms with van der Waals surface area (Å²) in [5.41, 5.74) is 2.07. The highest BCUT2D eigenvalue weighted by molar-refractivity contribution is 5.94. The van der Waals surface area contributed by atoms with Gasteiger partial charge in [-0.25, -0.2) is 0 Å². The third-order valence-electron chi connectivity index (χ3n) is 4.01. The van der Waals surface area contributed by atoms with E-state index in [-0.39, 0.29) is 23.6 Å². The van der Waals surface area contributed by atoms with Crippen LogP contribution >= 0.6 is 0 Å². The van der Waals surface area contributed by atoms with Crippen molar-refractivity contribution in [2.24, 2.45) is 7.05 Å². The first-order valence-corrected chi connectivity index (χ1v) is 8.33. The van der Waals surface area contributed by atoms with Gasteiger partial charge in [0.25, 0.3) is 5.91 Å². The summed E-state index contributed by atoms with van der Waals surface area (Å²) < 4.78 is 7.42. The Labute approximate surface area is 151 Å². The summed E-state index contributed by atoms with van der Waals surface area (Å²) >= 11 is 0. The maximum atomic E-state index is 12.3. The van der Waals surface area contributed by atoms with Gasteiger partial charge < -0.3 is 14.6 Å². The van der Waals surface area contributed by atoms with Crippen molar-refractivity contribution in [1.29, 1.82) is 0 Å². The van der Waals surface area contributed by atoms with Crippen LogP contribution in [-0.2, 0) is 20.2 Å². The van der Waals surface area contributed by atoms with Crippen LogP contribution in [0.1, 0.15) is 21.6 Å². The Hall–Kier alpha value is -3.34. The van der Waals surface area contributed by atoms with Crippen molar-refractivity contribution in [3.8, 4) is 5.75 Å². The van der Waals surface area contributed by atoms with Gasteiger partial charge in [0, 0.05) is 24.4 Å². The fraction of sp³-hybridized carbons (Fsp3) is 0.143. The van der Waals surface area contributed by atoms with Gasteiger partial charge in [0.2, 0.25) is 5.43 Å². The molecule has 0 saturated carbocycles. The van der Waals surface area contributed by atoms with E-state index in [1.165, 1.54) is 6.07 Å². The molecule has 1 aromatic heterocycles. The van der Waals surface area contributed by atoms with Crippen LogP contribution in [0, 0.1) is 0 Å². The number of nitrogens with one attached hydrogen (secondary N) is 1. The second-order valence-electron chi connectivity index (χ2n) is 5.93. The van der Waals surface area contributed by atoms with E-state index in [4.69, 9.17) is 4.74 Å². The highest BCUT2D eigenvalue weighted by Crippen LogP contribution is 2.09. The molecule has 26 heavy (non-hydrogen) atoms. The van der Waals surface area contributed by atoms with Gasteiger partial charge in [0.15, 0.2) is 5.75 Å². The first-order valence-electron chi connectivity index (χ1n) is 8.33. The number of nitrogens with zero attached hydrogens (tertiary/aromatic N) is 1. The molecule has 0 bridgehead atoms. The minimum Gasteiger partial charge on any atom is -0.483 e. The average Bonchev–Trinajstić information content (AvgIpc) is 2.68. The van der Waals surface area contributed by atoms with Crippen LogP contribution < -0.4 is 15.5 Å². The summed E-state index contributed by atoms with van der Waals surface area (Å²) in [5.74, 6) is 0.108. The lowest BCUT2D eigenvalue weighted by molar-refractivity contribution is 0.0950. The molecule has 132 valence electrons. The van der Waals surface area contributed by atoms with Gasteiger partial charge >= 0.3 is 0 Å².